The van der Waals surface area contributed by atoms with E-state index < -0.39 is 0 Å². The summed E-state index contributed by atoms with van der Waals surface area (Å²) in [6.45, 7) is 3.27. The topological polar surface area (TPSA) is 52.5 Å². The van der Waals surface area contributed by atoms with Crippen molar-refractivity contribution in [3.8, 4) is 11.4 Å². The van der Waals surface area contributed by atoms with Gasteiger partial charge in [0.1, 0.15) is 5.82 Å². The monoisotopic (exact) mass is 414 g/mol. The van der Waals surface area contributed by atoms with E-state index in [9.17, 15) is 0 Å². The zero-order valence-electron chi connectivity index (χ0n) is 17.3. The van der Waals surface area contributed by atoms with Gasteiger partial charge in [0, 0.05) is 54.1 Å². The second-order valence-electron chi connectivity index (χ2n) is 8.29. The third-order valence-corrected chi connectivity index (χ3v) is 6.54. The van der Waals surface area contributed by atoms with Gasteiger partial charge in [-0.15, -0.1) is 0 Å². The van der Waals surface area contributed by atoms with Gasteiger partial charge in [0.25, 0.3) is 0 Å². The summed E-state index contributed by atoms with van der Waals surface area (Å²) in [6.07, 6.45) is 7.66. The lowest BCUT2D eigenvalue weighted by Gasteiger charge is -2.38. The summed E-state index contributed by atoms with van der Waals surface area (Å²) in [5.41, 5.74) is 3.57. The Morgan fingerprint density at radius 3 is 2.72 bits per heavy atom. The largest absolute Gasteiger partial charge is 0.396 e. The van der Waals surface area contributed by atoms with Crippen molar-refractivity contribution in [3.05, 3.63) is 40.5 Å². The predicted molar refractivity (Wildman–Crippen MR) is 119 cm³/mol. The van der Waals surface area contributed by atoms with E-state index in [1.54, 1.807) is 0 Å². The number of anilines is 1. The normalized spacial score (nSPS) is 17.6. The van der Waals surface area contributed by atoms with Crippen LogP contribution in [0.25, 0.3) is 11.4 Å². The van der Waals surface area contributed by atoms with Crippen molar-refractivity contribution in [3.63, 3.8) is 0 Å². The minimum absolute atomic E-state index is 0.266. The van der Waals surface area contributed by atoms with Crippen LogP contribution >= 0.6 is 11.6 Å². The van der Waals surface area contributed by atoms with E-state index in [2.05, 4.69) is 16.8 Å². The predicted octanol–water partition coefficient (Wildman–Crippen LogP) is 3.96. The van der Waals surface area contributed by atoms with Crippen molar-refractivity contribution in [1.29, 1.82) is 0 Å². The van der Waals surface area contributed by atoms with Crippen molar-refractivity contribution < 1.29 is 5.11 Å². The van der Waals surface area contributed by atoms with Crippen LogP contribution in [0.2, 0.25) is 5.02 Å². The third kappa shape index (κ3) is 4.73. The van der Waals surface area contributed by atoms with Crippen molar-refractivity contribution in [2.45, 2.75) is 51.0 Å². The number of nitrogens with zero attached hydrogens (tertiary/aromatic N) is 4. The Morgan fingerprint density at radius 2 is 1.97 bits per heavy atom. The highest BCUT2D eigenvalue weighted by Crippen LogP contribution is 2.33. The molecule has 0 unspecified atom stereocenters. The standard InChI is InChI=1S/C23H31ClN4O/c1-27(12-5-15-29)19-10-13-28(14-11-19)23-20-8-2-3-9-21(20)25-22(26-23)17-6-4-7-18(24)16-17/h4,6-7,16,19,29H,2-3,5,8-15H2,1H3. The first kappa shape index (κ1) is 20.6. The molecule has 1 aromatic carbocycles. The number of aryl methyl sites for hydroxylation is 1. The van der Waals surface area contributed by atoms with Gasteiger partial charge < -0.3 is 14.9 Å². The van der Waals surface area contributed by atoms with Crippen molar-refractivity contribution in [1.82, 2.24) is 14.9 Å². The van der Waals surface area contributed by atoms with Gasteiger partial charge in [-0.3, -0.25) is 0 Å². The fourth-order valence-electron chi connectivity index (χ4n) is 4.61. The molecular formula is C23H31ClN4O. The van der Waals surface area contributed by atoms with E-state index >= 15 is 0 Å². The first-order valence-electron chi connectivity index (χ1n) is 10.9. The molecule has 1 aromatic heterocycles. The molecule has 0 bridgehead atoms. The Balaban J connectivity index is 1.58. The first-order valence-corrected chi connectivity index (χ1v) is 11.3. The number of aromatic nitrogens is 2. The average Bonchev–Trinajstić information content (AvgIpc) is 2.77. The van der Waals surface area contributed by atoms with Gasteiger partial charge in [-0.25, -0.2) is 9.97 Å². The van der Waals surface area contributed by atoms with Crippen molar-refractivity contribution in [2.75, 3.05) is 38.2 Å². The quantitative estimate of drug-likeness (QED) is 0.775. The van der Waals surface area contributed by atoms with Crippen LogP contribution < -0.4 is 4.90 Å². The molecule has 0 atom stereocenters. The molecule has 2 aliphatic rings. The molecule has 2 heterocycles. The minimum Gasteiger partial charge on any atom is -0.396 e. The molecule has 1 fully saturated rings. The maximum Gasteiger partial charge on any atom is 0.161 e. The van der Waals surface area contributed by atoms with Crippen LogP contribution in [0.3, 0.4) is 0 Å². The third-order valence-electron chi connectivity index (χ3n) is 6.30. The van der Waals surface area contributed by atoms with Gasteiger partial charge in [0.15, 0.2) is 5.82 Å². The number of halogens is 1. The number of benzene rings is 1. The Labute approximate surface area is 178 Å². The Bertz CT molecular complexity index is 836. The van der Waals surface area contributed by atoms with E-state index in [-0.39, 0.29) is 6.61 Å². The van der Waals surface area contributed by atoms with Crippen LogP contribution in [-0.4, -0.2) is 59.3 Å². The van der Waals surface area contributed by atoms with Gasteiger partial charge in [-0.2, -0.15) is 0 Å². The lowest BCUT2D eigenvalue weighted by molar-refractivity contribution is 0.184. The summed E-state index contributed by atoms with van der Waals surface area (Å²) in [6, 6.07) is 8.44. The molecule has 6 heteroatoms. The van der Waals surface area contributed by atoms with Gasteiger partial charge in [-0.1, -0.05) is 23.7 Å². The number of hydrogen-bond acceptors (Lipinski definition) is 5. The molecule has 1 N–H and O–H groups in total. The zero-order chi connectivity index (χ0) is 20.2. The van der Waals surface area contributed by atoms with Crippen LogP contribution in [0.1, 0.15) is 43.4 Å². The molecule has 0 radical (unpaired) electrons. The molecule has 0 saturated carbocycles. The number of aliphatic hydroxyl groups is 1. The number of hydrogen-bond donors (Lipinski definition) is 1. The minimum atomic E-state index is 0.266. The maximum absolute atomic E-state index is 9.10. The van der Waals surface area contributed by atoms with Crippen molar-refractivity contribution >= 4 is 17.4 Å². The van der Waals surface area contributed by atoms with Crippen LogP contribution in [-0.2, 0) is 12.8 Å². The number of fused-ring (bicyclic) bond motifs is 1. The highest BCUT2D eigenvalue weighted by Gasteiger charge is 2.27. The Hall–Kier alpha value is -1.69. The summed E-state index contributed by atoms with van der Waals surface area (Å²) < 4.78 is 0. The Morgan fingerprint density at radius 1 is 1.17 bits per heavy atom. The number of rotatable bonds is 6. The maximum atomic E-state index is 9.10. The summed E-state index contributed by atoms with van der Waals surface area (Å²) in [5, 5.41) is 9.82. The summed E-state index contributed by atoms with van der Waals surface area (Å²) in [5.74, 6) is 1.94. The second-order valence-corrected chi connectivity index (χ2v) is 8.73. The fourth-order valence-corrected chi connectivity index (χ4v) is 4.80. The number of piperidine rings is 1. The first-order chi connectivity index (χ1) is 14.2. The highest BCUT2D eigenvalue weighted by atomic mass is 35.5. The molecule has 29 heavy (non-hydrogen) atoms. The van der Waals surface area contributed by atoms with Gasteiger partial charge in [-0.05, 0) is 64.1 Å². The van der Waals surface area contributed by atoms with Crippen LogP contribution in [0.4, 0.5) is 5.82 Å². The highest BCUT2D eigenvalue weighted by molar-refractivity contribution is 6.30. The van der Waals surface area contributed by atoms with Crippen molar-refractivity contribution in [2.24, 2.45) is 0 Å². The van der Waals surface area contributed by atoms with Gasteiger partial charge in [0.05, 0.1) is 0 Å². The van der Waals surface area contributed by atoms with E-state index in [1.165, 1.54) is 24.1 Å². The van der Waals surface area contributed by atoms with Crippen LogP contribution in [0.5, 0.6) is 0 Å². The zero-order valence-corrected chi connectivity index (χ0v) is 18.0. The molecular weight excluding hydrogens is 384 g/mol. The molecule has 2 aromatic rings. The molecule has 0 amide bonds. The molecule has 0 spiro atoms. The number of aliphatic hydroxyl groups excluding tert-OH is 1. The fraction of sp³-hybridized carbons (Fsp3) is 0.565. The van der Waals surface area contributed by atoms with Gasteiger partial charge >= 0.3 is 0 Å². The molecule has 1 saturated heterocycles. The second kappa shape index (κ2) is 9.41. The molecule has 156 valence electrons. The Kier molecular flexibility index (Phi) is 6.68. The lowest BCUT2D eigenvalue weighted by Crippen LogP contribution is -2.44. The smallest absolute Gasteiger partial charge is 0.161 e. The molecule has 1 aliphatic heterocycles. The summed E-state index contributed by atoms with van der Waals surface area (Å²) in [4.78, 5) is 14.9. The summed E-state index contributed by atoms with van der Waals surface area (Å²) >= 11 is 6.22. The lowest BCUT2D eigenvalue weighted by atomic mass is 9.94. The van der Waals surface area contributed by atoms with Crippen LogP contribution in [0.15, 0.2) is 24.3 Å². The van der Waals surface area contributed by atoms with E-state index in [4.69, 9.17) is 26.7 Å². The van der Waals surface area contributed by atoms with E-state index in [0.29, 0.717) is 6.04 Å². The summed E-state index contributed by atoms with van der Waals surface area (Å²) in [7, 11) is 2.18. The molecule has 4 rings (SSSR count). The average molecular weight is 415 g/mol. The molecule has 5 nitrogen and oxygen atoms in total. The van der Waals surface area contributed by atoms with Crippen LogP contribution in [0, 0.1) is 0 Å². The van der Waals surface area contributed by atoms with E-state index in [1.807, 2.05) is 24.3 Å². The molecule has 1 aliphatic carbocycles. The van der Waals surface area contributed by atoms with Gasteiger partial charge in [0.2, 0.25) is 0 Å². The van der Waals surface area contributed by atoms with E-state index in [0.717, 1.165) is 74.0 Å². The SMILES string of the molecule is CN(CCCO)C1CCN(c2nc(-c3cccc(Cl)c3)nc3c2CCCC3)CC1.